The average Bonchev–Trinajstić information content (AvgIpc) is 2.35. The van der Waals surface area contributed by atoms with Crippen LogP contribution in [-0.4, -0.2) is 0 Å². The zero-order valence-corrected chi connectivity index (χ0v) is 11.6. The van der Waals surface area contributed by atoms with Crippen molar-refractivity contribution in [3.8, 4) is 5.75 Å². The fraction of sp³-hybridized carbons (Fsp3) is 0.143. The van der Waals surface area contributed by atoms with Gasteiger partial charge in [0.25, 0.3) is 0 Å². The van der Waals surface area contributed by atoms with Gasteiger partial charge < -0.3 is 4.74 Å². The molecule has 0 unspecified atom stereocenters. The van der Waals surface area contributed by atoms with E-state index in [4.69, 9.17) is 4.74 Å². The molecule has 0 spiro atoms. The molecule has 0 N–H and O–H groups in total. The van der Waals surface area contributed by atoms with Crippen LogP contribution in [0.25, 0.3) is 0 Å². The van der Waals surface area contributed by atoms with Gasteiger partial charge in [0, 0.05) is 4.47 Å². The van der Waals surface area contributed by atoms with Crippen LogP contribution in [-0.2, 0) is 6.61 Å². The van der Waals surface area contributed by atoms with Crippen molar-refractivity contribution >= 4 is 15.9 Å². The lowest BCUT2D eigenvalue weighted by molar-refractivity contribution is 0.283. The van der Waals surface area contributed by atoms with Gasteiger partial charge in [-0.1, -0.05) is 22.0 Å². The minimum atomic E-state index is -1.06. The smallest absolute Gasteiger partial charge is 0.200 e. The predicted octanol–water partition coefficient (Wildman–Crippen LogP) is 4.75. The van der Waals surface area contributed by atoms with E-state index in [1.807, 2.05) is 0 Å². The molecule has 0 saturated carbocycles. The highest BCUT2D eigenvalue weighted by atomic mass is 79.9. The third-order valence-electron chi connectivity index (χ3n) is 2.65. The third kappa shape index (κ3) is 3.29. The van der Waals surface area contributed by atoms with Crippen molar-refractivity contribution in [2.45, 2.75) is 13.5 Å². The van der Waals surface area contributed by atoms with Gasteiger partial charge in [-0.25, -0.2) is 8.78 Å². The second-order valence-electron chi connectivity index (χ2n) is 4.06. The lowest BCUT2D eigenvalue weighted by Gasteiger charge is -2.10. The highest BCUT2D eigenvalue weighted by Crippen LogP contribution is 2.26. The second-order valence-corrected chi connectivity index (χ2v) is 4.97. The molecule has 5 heteroatoms. The summed E-state index contributed by atoms with van der Waals surface area (Å²) in [6, 6.07) is 6.58. The Morgan fingerprint density at radius 3 is 2.58 bits per heavy atom. The first-order chi connectivity index (χ1) is 8.97. The maximum absolute atomic E-state index is 13.5. The molecule has 0 aliphatic heterocycles. The Bertz CT molecular complexity index is 614. The molecule has 0 fully saturated rings. The van der Waals surface area contributed by atoms with Crippen LogP contribution >= 0.6 is 15.9 Å². The largest absolute Gasteiger partial charge is 0.486 e. The van der Waals surface area contributed by atoms with Crippen molar-refractivity contribution in [2.75, 3.05) is 0 Å². The molecule has 0 bridgehead atoms. The van der Waals surface area contributed by atoms with Gasteiger partial charge in [-0.2, -0.15) is 4.39 Å². The van der Waals surface area contributed by atoms with Gasteiger partial charge >= 0.3 is 0 Å². The fourth-order valence-corrected chi connectivity index (χ4v) is 2.00. The molecule has 0 saturated heterocycles. The van der Waals surface area contributed by atoms with E-state index in [2.05, 4.69) is 15.9 Å². The zero-order valence-electron chi connectivity index (χ0n) is 10.0. The summed E-state index contributed by atoms with van der Waals surface area (Å²) in [6.07, 6.45) is 0. The summed E-state index contributed by atoms with van der Waals surface area (Å²) in [5.41, 5.74) is 1.40. The predicted molar refractivity (Wildman–Crippen MR) is 69.5 cm³/mol. The van der Waals surface area contributed by atoms with E-state index in [1.54, 1.807) is 13.0 Å². The van der Waals surface area contributed by atoms with Crippen LogP contribution in [0, 0.1) is 24.4 Å². The van der Waals surface area contributed by atoms with E-state index < -0.39 is 17.5 Å². The molecule has 0 aliphatic carbocycles. The summed E-state index contributed by atoms with van der Waals surface area (Å²) in [5, 5.41) is 0. The van der Waals surface area contributed by atoms with Gasteiger partial charge in [0.1, 0.15) is 12.4 Å². The summed E-state index contributed by atoms with van der Waals surface area (Å²) in [7, 11) is 0. The van der Waals surface area contributed by atoms with Gasteiger partial charge in [0.15, 0.2) is 11.6 Å². The van der Waals surface area contributed by atoms with E-state index in [9.17, 15) is 13.2 Å². The SMILES string of the molecule is Cc1ccc(F)cc1COc1cc(Br)cc(F)c1F. The molecule has 0 radical (unpaired) electrons. The van der Waals surface area contributed by atoms with E-state index in [0.717, 1.165) is 11.6 Å². The van der Waals surface area contributed by atoms with Crippen molar-refractivity contribution in [1.29, 1.82) is 0 Å². The Morgan fingerprint density at radius 1 is 1.11 bits per heavy atom. The Morgan fingerprint density at radius 2 is 1.84 bits per heavy atom. The number of benzene rings is 2. The van der Waals surface area contributed by atoms with Crippen molar-refractivity contribution in [3.05, 3.63) is 63.4 Å². The molecular formula is C14H10BrF3O. The molecule has 0 amide bonds. The molecule has 2 aromatic carbocycles. The number of hydrogen-bond donors (Lipinski definition) is 0. The van der Waals surface area contributed by atoms with Crippen LogP contribution in [0.2, 0.25) is 0 Å². The fourth-order valence-electron chi connectivity index (χ4n) is 1.59. The van der Waals surface area contributed by atoms with E-state index in [-0.39, 0.29) is 12.4 Å². The lowest BCUT2D eigenvalue weighted by atomic mass is 10.1. The standard InChI is InChI=1S/C14H10BrF3O/c1-8-2-3-11(16)4-9(8)7-19-13-6-10(15)5-12(17)14(13)18/h2-6H,7H2,1H3. The van der Waals surface area contributed by atoms with E-state index >= 15 is 0 Å². The van der Waals surface area contributed by atoms with Gasteiger partial charge in [0.05, 0.1) is 0 Å². The molecule has 0 aliphatic rings. The molecule has 0 heterocycles. The third-order valence-corrected chi connectivity index (χ3v) is 3.11. The number of rotatable bonds is 3. The Labute approximate surface area is 117 Å². The Balaban J connectivity index is 2.21. The molecule has 0 atom stereocenters. The van der Waals surface area contributed by atoms with Crippen LogP contribution < -0.4 is 4.74 Å². The van der Waals surface area contributed by atoms with Gasteiger partial charge in [-0.05, 0) is 42.3 Å². The maximum atomic E-state index is 13.5. The van der Waals surface area contributed by atoms with Gasteiger partial charge in [-0.3, -0.25) is 0 Å². The van der Waals surface area contributed by atoms with Crippen molar-refractivity contribution in [2.24, 2.45) is 0 Å². The molecule has 2 aromatic rings. The Hall–Kier alpha value is -1.49. The number of halogens is 4. The van der Waals surface area contributed by atoms with Gasteiger partial charge in [-0.15, -0.1) is 0 Å². The van der Waals surface area contributed by atoms with Crippen LogP contribution in [0.3, 0.4) is 0 Å². The first kappa shape index (κ1) is 13.9. The van der Waals surface area contributed by atoms with Crippen molar-refractivity contribution in [3.63, 3.8) is 0 Å². The van der Waals surface area contributed by atoms with Crippen LogP contribution in [0.4, 0.5) is 13.2 Å². The van der Waals surface area contributed by atoms with Crippen LogP contribution in [0.5, 0.6) is 5.75 Å². The number of hydrogen-bond acceptors (Lipinski definition) is 1. The topological polar surface area (TPSA) is 9.23 Å². The molecule has 100 valence electrons. The van der Waals surface area contributed by atoms with E-state index in [0.29, 0.717) is 10.0 Å². The summed E-state index contributed by atoms with van der Waals surface area (Å²) in [5.74, 6) is -2.67. The monoisotopic (exact) mass is 330 g/mol. The first-order valence-corrected chi connectivity index (χ1v) is 6.29. The van der Waals surface area contributed by atoms with Crippen LogP contribution in [0.1, 0.15) is 11.1 Å². The summed E-state index contributed by atoms with van der Waals surface area (Å²) >= 11 is 3.05. The van der Waals surface area contributed by atoms with Crippen LogP contribution in [0.15, 0.2) is 34.8 Å². The van der Waals surface area contributed by atoms with Crippen molar-refractivity contribution < 1.29 is 17.9 Å². The quantitative estimate of drug-likeness (QED) is 0.737. The molecule has 2 rings (SSSR count). The highest BCUT2D eigenvalue weighted by molar-refractivity contribution is 9.10. The summed E-state index contributed by atoms with van der Waals surface area (Å²) in [6.45, 7) is 1.76. The normalized spacial score (nSPS) is 10.6. The maximum Gasteiger partial charge on any atom is 0.200 e. The number of aryl methyl sites for hydroxylation is 1. The molecule has 19 heavy (non-hydrogen) atoms. The van der Waals surface area contributed by atoms with Crippen molar-refractivity contribution in [1.82, 2.24) is 0 Å². The first-order valence-electron chi connectivity index (χ1n) is 5.50. The minimum absolute atomic E-state index is 0.0313. The molecule has 0 aromatic heterocycles. The minimum Gasteiger partial charge on any atom is -0.486 e. The summed E-state index contributed by atoms with van der Waals surface area (Å²) < 4.78 is 45.3. The zero-order chi connectivity index (χ0) is 14.0. The number of ether oxygens (including phenoxy) is 1. The summed E-state index contributed by atoms with van der Waals surface area (Å²) in [4.78, 5) is 0. The van der Waals surface area contributed by atoms with Gasteiger partial charge in [0.2, 0.25) is 5.82 Å². The second kappa shape index (κ2) is 5.65. The molecule has 1 nitrogen and oxygen atoms in total. The highest BCUT2D eigenvalue weighted by Gasteiger charge is 2.12. The lowest BCUT2D eigenvalue weighted by Crippen LogP contribution is -2.01. The average molecular weight is 331 g/mol. The van der Waals surface area contributed by atoms with E-state index in [1.165, 1.54) is 18.2 Å². The Kier molecular flexibility index (Phi) is 4.14. The molecular weight excluding hydrogens is 321 g/mol.